The van der Waals surface area contributed by atoms with E-state index in [2.05, 4.69) is 13.8 Å². The molecule has 4 saturated carbocycles. The lowest BCUT2D eigenvalue weighted by atomic mass is 9.49. The third-order valence-electron chi connectivity index (χ3n) is 10.1. The van der Waals surface area contributed by atoms with Crippen molar-refractivity contribution in [1.82, 2.24) is 0 Å². The summed E-state index contributed by atoms with van der Waals surface area (Å²) in [6, 6.07) is 4.15. The molecule has 0 aliphatic heterocycles. The molecule has 1 aromatic carbocycles. The number of nitrogens with zero attached hydrogens (tertiary/aromatic N) is 1. The molecule has 4 aliphatic rings. The highest BCUT2D eigenvalue weighted by Gasteiger charge is 2.56. The lowest BCUT2D eigenvalue weighted by molar-refractivity contribution is -0.118. The molecule has 0 heterocycles. The van der Waals surface area contributed by atoms with E-state index in [1.807, 2.05) is 6.92 Å². The summed E-state index contributed by atoms with van der Waals surface area (Å²) in [6.07, 6.45) is 14.0. The molecule has 4 nitrogen and oxygen atoms in total. The monoisotopic (exact) mass is 457 g/mol. The Bertz CT molecular complexity index is 831. The summed E-state index contributed by atoms with van der Waals surface area (Å²) < 4.78 is 12.6. The van der Waals surface area contributed by atoms with Crippen LogP contribution in [0.1, 0.15) is 78.6 Å². The topological polar surface area (TPSA) is 72.3 Å². The van der Waals surface area contributed by atoms with Crippen LogP contribution in [0.5, 0.6) is 0 Å². The zero-order chi connectivity index (χ0) is 23.8. The van der Waals surface area contributed by atoms with Gasteiger partial charge in [0, 0.05) is 12.5 Å². The molecule has 8 unspecified atom stereocenters. The number of aldehydes is 1. The number of fused-ring (bicyclic) bond motifs is 5. The Morgan fingerprint density at radius 3 is 2.55 bits per heavy atom. The summed E-state index contributed by atoms with van der Waals surface area (Å²) in [7, 11) is 0. The number of anilines is 2. The number of nitrogens with two attached hydrogens (primary N) is 2. The number of hydrogen-bond acceptors (Lipinski definition) is 4. The summed E-state index contributed by atoms with van der Waals surface area (Å²) in [5.41, 5.74) is 6.91. The molecule has 0 radical (unpaired) electrons. The van der Waals surface area contributed by atoms with Gasteiger partial charge in [-0.3, -0.25) is 0 Å². The molecule has 184 valence electrons. The minimum Gasteiger partial charge on any atom is -0.397 e. The van der Waals surface area contributed by atoms with Crippen molar-refractivity contribution in [3.05, 3.63) is 24.0 Å². The minimum absolute atomic E-state index is 0.347. The van der Waals surface area contributed by atoms with Gasteiger partial charge in [-0.2, -0.15) is 0 Å². The molecular formula is C28H44FN3O. The quantitative estimate of drug-likeness (QED) is 0.245. The first kappa shape index (κ1) is 24.5. The van der Waals surface area contributed by atoms with Gasteiger partial charge in [-0.15, -0.1) is 0 Å². The van der Waals surface area contributed by atoms with Crippen molar-refractivity contribution < 1.29 is 9.18 Å². The lowest BCUT2D eigenvalue weighted by Crippen LogP contribution is -2.48. The highest BCUT2D eigenvalue weighted by molar-refractivity contribution is 5.66. The van der Waals surface area contributed by atoms with E-state index in [4.69, 9.17) is 11.6 Å². The van der Waals surface area contributed by atoms with Crippen molar-refractivity contribution in [3.63, 3.8) is 0 Å². The number of carbonyl (C=O) groups excluding carboxylic acids is 1. The fraction of sp³-hybridized carbons (Fsp3) is 0.750. The third kappa shape index (κ3) is 4.67. The molecule has 1 aromatic rings. The van der Waals surface area contributed by atoms with Crippen LogP contribution >= 0.6 is 0 Å². The zero-order valence-corrected chi connectivity index (χ0v) is 20.8. The third-order valence-corrected chi connectivity index (χ3v) is 10.1. The molecule has 8 atom stereocenters. The van der Waals surface area contributed by atoms with Crippen molar-refractivity contribution in [2.45, 2.75) is 78.6 Å². The highest BCUT2D eigenvalue weighted by Crippen LogP contribution is 2.64. The van der Waals surface area contributed by atoms with E-state index in [-0.39, 0.29) is 5.82 Å². The molecule has 5 rings (SSSR count). The fourth-order valence-corrected chi connectivity index (χ4v) is 8.31. The van der Waals surface area contributed by atoms with Crippen LogP contribution in [-0.2, 0) is 4.79 Å². The highest BCUT2D eigenvalue weighted by atomic mass is 19.1. The van der Waals surface area contributed by atoms with Gasteiger partial charge in [0.2, 0.25) is 0 Å². The van der Waals surface area contributed by atoms with E-state index in [9.17, 15) is 9.18 Å². The Hall–Kier alpha value is -1.62. The van der Waals surface area contributed by atoms with E-state index in [0.717, 1.165) is 35.5 Å². The largest absolute Gasteiger partial charge is 0.397 e. The fourth-order valence-electron chi connectivity index (χ4n) is 8.31. The van der Waals surface area contributed by atoms with Crippen LogP contribution in [0, 0.1) is 52.7 Å². The van der Waals surface area contributed by atoms with Gasteiger partial charge in [-0.1, -0.05) is 20.3 Å². The molecule has 4 N–H and O–H groups in total. The van der Waals surface area contributed by atoms with Crippen molar-refractivity contribution >= 4 is 17.7 Å². The molecule has 0 bridgehead atoms. The minimum atomic E-state index is -0.347. The summed E-state index contributed by atoms with van der Waals surface area (Å²) in [5, 5.41) is 1.47. The maximum absolute atomic E-state index is 12.6. The van der Waals surface area contributed by atoms with Crippen LogP contribution in [0.4, 0.5) is 15.8 Å². The van der Waals surface area contributed by atoms with Crippen molar-refractivity contribution in [2.24, 2.45) is 52.7 Å². The van der Waals surface area contributed by atoms with Gasteiger partial charge in [-0.05, 0) is 117 Å². The second-order valence-corrected chi connectivity index (χ2v) is 11.7. The van der Waals surface area contributed by atoms with Crippen LogP contribution in [0.15, 0.2) is 18.2 Å². The number of hydrogen-bond donors (Lipinski definition) is 2. The molecule has 0 aromatic heterocycles. The molecule has 5 heteroatoms. The summed E-state index contributed by atoms with van der Waals surface area (Å²) in [6.45, 7) is 7.44. The van der Waals surface area contributed by atoms with Gasteiger partial charge in [-0.25, -0.2) is 10.2 Å². The van der Waals surface area contributed by atoms with Gasteiger partial charge in [0.1, 0.15) is 12.1 Å². The Balaban J connectivity index is 0.000000185. The second-order valence-electron chi connectivity index (χ2n) is 11.7. The number of halogens is 1. The van der Waals surface area contributed by atoms with Crippen LogP contribution in [-0.4, -0.2) is 12.8 Å². The van der Waals surface area contributed by atoms with Crippen LogP contribution < -0.4 is 16.6 Å². The summed E-state index contributed by atoms with van der Waals surface area (Å²) in [4.78, 5) is 11.5. The molecule has 4 aliphatic carbocycles. The van der Waals surface area contributed by atoms with E-state index in [1.54, 1.807) is 6.07 Å². The molecule has 33 heavy (non-hydrogen) atoms. The molecule has 4 fully saturated rings. The van der Waals surface area contributed by atoms with Gasteiger partial charge in [0.15, 0.2) is 0 Å². The maximum Gasteiger partial charge on any atom is 0.125 e. The lowest BCUT2D eigenvalue weighted by Gasteiger charge is -2.56. The standard InChI is InChI=1S/C20H32O.C8H12FN3/c1-13-3-6-16-14(11-13)4-7-18-17(16)9-10-20(2)15(12-21)5-8-19(18)20;1-2-12(11)8-4-3-6(9)5-7(8)10/h12-19H,3-11H2,1-2H3;3-5H,2,10-11H2,1H3. The predicted molar refractivity (Wildman–Crippen MR) is 134 cm³/mol. The van der Waals surface area contributed by atoms with Crippen LogP contribution in [0.3, 0.4) is 0 Å². The van der Waals surface area contributed by atoms with Crippen molar-refractivity contribution in [1.29, 1.82) is 0 Å². The van der Waals surface area contributed by atoms with E-state index >= 15 is 0 Å². The summed E-state index contributed by atoms with van der Waals surface area (Å²) >= 11 is 0. The molecule has 0 amide bonds. The van der Waals surface area contributed by atoms with E-state index in [1.165, 1.54) is 81.2 Å². The Morgan fingerprint density at radius 2 is 1.85 bits per heavy atom. The molecular weight excluding hydrogens is 413 g/mol. The Labute approximate surface area is 199 Å². The van der Waals surface area contributed by atoms with Crippen LogP contribution in [0.25, 0.3) is 0 Å². The van der Waals surface area contributed by atoms with Gasteiger partial charge in [0.25, 0.3) is 0 Å². The maximum atomic E-state index is 12.6. The van der Waals surface area contributed by atoms with Crippen molar-refractivity contribution in [3.8, 4) is 0 Å². The van der Waals surface area contributed by atoms with Crippen LogP contribution in [0.2, 0.25) is 0 Å². The number of rotatable bonds is 3. The second kappa shape index (κ2) is 9.93. The Kier molecular flexibility index (Phi) is 7.38. The number of benzene rings is 1. The Morgan fingerprint density at radius 1 is 1.09 bits per heavy atom. The molecule has 0 saturated heterocycles. The van der Waals surface area contributed by atoms with E-state index < -0.39 is 0 Å². The first-order chi connectivity index (χ1) is 15.8. The first-order valence-electron chi connectivity index (χ1n) is 13.3. The number of hydrazine groups is 1. The smallest absolute Gasteiger partial charge is 0.125 e. The van der Waals surface area contributed by atoms with Gasteiger partial charge in [0.05, 0.1) is 11.4 Å². The summed E-state index contributed by atoms with van der Waals surface area (Å²) in [5.74, 6) is 11.5. The number of nitrogen functional groups attached to an aromatic ring is 1. The number of carbonyl (C=O) groups is 1. The average molecular weight is 458 g/mol. The first-order valence-corrected chi connectivity index (χ1v) is 13.3. The average Bonchev–Trinajstić information content (AvgIpc) is 3.15. The van der Waals surface area contributed by atoms with Gasteiger partial charge >= 0.3 is 0 Å². The zero-order valence-electron chi connectivity index (χ0n) is 20.8. The SMILES string of the molecule is CC1CCC2C(CCC3C2CCC2(C)C(C=O)CCC32)C1.CCN(N)c1ccc(F)cc1N. The normalized spacial score (nSPS) is 39.4. The van der Waals surface area contributed by atoms with E-state index in [0.29, 0.717) is 29.3 Å². The predicted octanol–water partition coefficient (Wildman–Crippen LogP) is 6.20. The van der Waals surface area contributed by atoms with Crippen molar-refractivity contribution in [2.75, 3.05) is 17.3 Å². The molecule has 0 spiro atoms. The van der Waals surface area contributed by atoms with Gasteiger partial charge < -0.3 is 15.5 Å².